The minimum absolute atomic E-state index is 0.0536. The van der Waals surface area contributed by atoms with Crippen LogP contribution in [0.1, 0.15) is 6.42 Å². The van der Waals surface area contributed by atoms with Crippen LogP contribution < -0.4 is 5.73 Å². The Hall–Kier alpha value is -0.160. The number of nitrogens with two attached hydrogens (primary N) is 1. The smallest absolute Gasteiger partial charge is 0.0852 e. The third-order valence-corrected chi connectivity index (χ3v) is 2.46. The summed E-state index contributed by atoms with van der Waals surface area (Å²) in [6.07, 6.45) is -0.930. The lowest BCUT2D eigenvalue weighted by Gasteiger charge is -2.14. The van der Waals surface area contributed by atoms with Crippen LogP contribution in [0.25, 0.3) is 0 Å². The fraction of sp³-hybridized carbons (Fsp3) is 1.00. The van der Waals surface area contributed by atoms with E-state index in [-0.39, 0.29) is 18.4 Å². The van der Waals surface area contributed by atoms with Crippen molar-refractivity contribution >= 4 is 0 Å². The topological polar surface area (TPSA) is 86.7 Å². The van der Waals surface area contributed by atoms with Gasteiger partial charge in [0.25, 0.3) is 0 Å². The Labute approximate surface area is 65.6 Å². The monoisotopic (exact) mass is 161 g/mol. The molecule has 0 bridgehead atoms. The van der Waals surface area contributed by atoms with Crippen molar-refractivity contribution in [3.63, 3.8) is 0 Å². The van der Waals surface area contributed by atoms with E-state index in [0.717, 1.165) is 0 Å². The van der Waals surface area contributed by atoms with Crippen molar-refractivity contribution in [3.05, 3.63) is 0 Å². The fourth-order valence-electron chi connectivity index (χ4n) is 1.64. The van der Waals surface area contributed by atoms with Crippen LogP contribution in [-0.2, 0) is 0 Å². The molecule has 0 unspecified atom stereocenters. The summed E-state index contributed by atoms with van der Waals surface area (Å²) < 4.78 is 0. The van der Waals surface area contributed by atoms with Crippen molar-refractivity contribution in [2.75, 3.05) is 13.2 Å². The van der Waals surface area contributed by atoms with Crippen LogP contribution in [0.5, 0.6) is 0 Å². The first kappa shape index (κ1) is 8.93. The first-order valence-corrected chi connectivity index (χ1v) is 3.87. The summed E-state index contributed by atoms with van der Waals surface area (Å²) in [4.78, 5) is 0. The molecule has 0 spiro atoms. The Balaban J connectivity index is 2.53. The quantitative estimate of drug-likeness (QED) is 0.388. The zero-order valence-electron chi connectivity index (χ0n) is 6.35. The molecule has 0 aromatic carbocycles. The van der Waals surface area contributed by atoms with Crippen LogP contribution in [0.2, 0.25) is 0 Å². The van der Waals surface area contributed by atoms with Crippen LogP contribution in [0, 0.1) is 11.8 Å². The highest BCUT2D eigenvalue weighted by atomic mass is 16.3. The van der Waals surface area contributed by atoms with Crippen molar-refractivity contribution in [3.8, 4) is 0 Å². The molecule has 4 nitrogen and oxygen atoms in total. The third-order valence-electron chi connectivity index (χ3n) is 2.46. The Morgan fingerprint density at radius 2 is 1.73 bits per heavy atom. The Bertz CT molecular complexity index is 113. The van der Waals surface area contributed by atoms with Crippen molar-refractivity contribution in [2.45, 2.75) is 18.6 Å². The third kappa shape index (κ3) is 1.54. The number of rotatable bonds is 2. The molecule has 11 heavy (non-hydrogen) atoms. The molecule has 4 heteroatoms. The average Bonchev–Trinajstić information content (AvgIpc) is 2.30. The van der Waals surface area contributed by atoms with Crippen LogP contribution in [0.4, 0.5) is 0 Å². The lowest BCUT2D eigenvalue weighted by molar-refractivity contribution is -0.00476. The largest absolute Gasteiger partial charge is 0.396 e. The van der Waals surface area contributed by atoms with Gasteiger partial charge in [0.2, 0.25) is 0 Å². The maximum absolute atomic E-state index is 9.32. The highest BCUT2D eigenvalue weighted by Crippen LogP contribution is 2.30. The summed E-state index contributed by atoms with van der Waals surface area (Å²) in [7, 11) is 0. The molecule has 1 rings (SSSR count). The predicted molar refractivity (Wildman–Crippen MR) is 39.8 cm³/mol. The number of aliphatic hydroxyl groups is 3. The highest BCUT2D eigenvalue weighted by Gasteiger charge is 2.39. The van der Waals surface area contributed by atoms with Gasteiger partial charge in [-0.1, -0.05) is 0 Å². The van der Waals surface area contributed by atoms with Crippen molar-refractivity contribution in [1.29, 1.82) is 0 Å². The molecule has 0 amide bonds. The van der Waals surface area contributed by atoms with Gasteiger partial charge in [0.15, 0.2) is 0 Å². The first-order chi connectivity index (χ1) is 5.20. The van der Waals surface area contributed by atoms with E-state index in [1.54, 1.807) is 0 Å². The van der Waals surface area contributed by atoms with Crippen molar-refractivity contribution < 1.29 is 15.3 Å². The number of hydrogen-bond donors (Lipinski definition) is 4. The summed E-state index contributed by atoms with van der Waals surface area (Å²) in [5, 5.41) is 27.4. The van der Waals surface area contributed by atoms with E-state index in [1.807, 2.05) is 0 Å². The molecule has 5 N–H and O–H groups in total. The summed E-state index contributed by atoms with van der Waals surface area (Å²) in [6, 6.07) is 0. The van der Waals surface area contributed by atoms with Gasteiger partial charge in [0.05, 0.1) is 12.2 Å². The molecular formula is C7H15NO3. The summed E-state index contributed by atoms with van der Waals surface area (Å²) in [6.45, 7) is 0.295. The molecule has 4 atom stereocenters. The van der Waals surface area contributed by atoms with Crippen molar-refractivity contribution in [2.24, 2.45) is 17.6 Å². The van der Waals surface area contributed by atoms with Crippen LogP contribution in [0.3, 0.4) is 0 Å². The van der Waals surface area contributed by atoms with Gasteiger partial charge < -0.3 is 21.1 Å². The van der Waals surface area contributed by atoms with Gasteiger partial charge in [0, 0.05) is 18.4 Å². The van der Waals surface area contributed by atoms with E-state index in [4.69, 9.17) is 10.8 Å². The molecule has 0 aliphatic heterocycles. The standard InChI is InChI=1S/C7H15NO3/c8-2-4-1-5(3-9)7(11)6(4)10/h4-7,9-11H,1-3,8H2/t4-,5-,6+,7+/m1/s1. The highest BCUT2D eigenvalue weighted by molar-refractivity contribution is 4.90. The summed E-state index contributed by atoms with van der Waals surface area (Å²) >= 11 is 0. The molecule has 1 aliphatic rings. The first-order valence-electron chi connectivity index (χ1n) is 3.87. The van der Waals surface area contributed by atoms with Gasteiger partial charge >= 0.3 is 0 Å². The second-order valence-electron chi connectivity index (χ2n) is 3.16. The van der Waals surface area contributed by atoms with E-state index in [0.29, 0.717) is 13.0 Å². The van der Waals surface area contributed by atoms with Crippen LogP contribution in [0.15, 0.2) is 0 Å². The van der Waals surface area contributed by atoms with E-state index < -0.39 is 12.2 Å². The van der Waals surface area contributed by atoms with Gasteiger partial charge in [-0.2, -0.15) is 0 Å². The molecule has 0 aromatic heterocycles. The minimum Gasteiger partial charge on any atom is -0.396 e. The SMILES string of the molecule is NC[C@H]1C[C@H](CO)[C@H](O)[C@H]1O. The van der Waals surface area contributed by atoms with Gasteiger partial charge in [-0.25, -0.2) is 0 Å². The van der Waals surface area contributed by atoms with Crippen LogP contribution >= 0.6 is 0 Å². The Kier molecular flexibility index (Phi) is 2.84. The van der Waals surface area contributed by atoms with E-state index >= 15 is 0 Å². The molecule has 0 saturated heterocycles. The summed E-state index contributed by atoms with van der Waals surface area (Å²) in [5.74, 6) is -0.249. The molecular weight excluding hydrogens is 146 g/mol. The maximum Gasteiger partial charge on any atom is 0.0852 e. The van der Waals surface area contributed by atoms with Gasteiger partial charge in [-0.3, -0.25) is 0 Å². The normalized spacial score (nSPS) is 44.7. The van der Waals surface area contributed by atoms with E-state index in [9.17, 15) is 10.2 Å². The van der Waals surface area contributed by atoms with Gasteiger partial charge in [0.1, 0.15) is 0 Å². The molecule has 66 valence electrons. The predicted octanol–water partition coefficient (Wildman–Crippen LogP) is -1.70. The second kappa shape index (κ2) is 3.49. The Morgan fingerprint density at radius 1 is 1.18 bits per heavy atom. The molecule has 0 aromatic rings. The molecule has 1 fully saturated rings. The average molecular weight is 161 g/mol. The minimum atomic E-state index is -0.798. The van der Waals surface area contributed by atoms with Crippen LogP contribution in [-0.4, -0.2) is 40.7 Å². The van der Waals surface area contributed by atoms with Gasteiger partial charge in [-0.05, 0) is 13.0 Å². The van der Waals surface area contributed by atoms with E-state index in [1.165, 1.54) is 0 Å². The molecule has 1 aliphatic carbocycles. The molecule has 0 heterocycles. The fourth-order valence-corrected chi connectivity index (χ4v) is 1.64. The summed E-state index contributed by atoms with van der Waals surface area (Å²) in [5.41, 5.74) is 5.35. The lowest BCUT2D eigenvalue weighted by Crippen LogP contribution is -2.31. The number of hydrogen-bond acceptors (Lipinski definition) is 4. The molecule has 0 radical (unpaired) electrons. The molecule has 1 saturated carbocycles. The zero-order chi connectivity index (χ0) is 8.43. The second-order valence-corrected chi connectivity index (χ2v) is 3.16. The lowest BCUT2D eigenvalue weighted by atomic mass is 10.1. The van der Waals surface area contributed by atoms with Gasteiger partial charge in [-0.15, -0.1) is 0 Å². The van der Waals surface area contributed by atoms with E-state index in [2.05, 4.69) is 0 Å². The number of aliphatic hydroxyl groups excluding tert-OH is 3. The van der Waals surface area contributed by atoms with Crippen molar-refractivity contribution in [1.82, 2.24) is 0 Å². The Morgan fingerprint density at radius 3 is 2.00 bits per heavy atom. The zero-order valence-corrected chi connectivity index (χ0v) is 6.35. The maximum atomic E-state index is 9.32.